The van der Waals surface area contributed by atoms with Gasteiger partial charge in [-0.1, -0.05) is 72.0 Å². The molecule has 0 spiro atoms. The lowest BCUT2D eigenvalue weighted by molar-refractivity contribution is -0.114. The number of nitrogens with one attached hydrogen (secondary N) is 1. The van der Waals surface area contributed by atoms with E-state index in [1.54, 1.807) is 12.1 Å². The predicted molar refractivity (Wildman–Crippen MR) is 91.7 cm³/mol. The summed E-state index contributed by atoms with van der Waals surface area (Å²) in [7, 11) is 0. The van der Waals surface area contributed by atoms with Crippen molar-refractivity contribution in [2.24, 2.45) is 0 Å². The van der Waals surface area contributed by atoms with E-state index in [1.165, 1.54) is 18.3 Å². The molecule has 5 heteroatoms. The summed E-state index contributed by atoms with van der Waals surface area (Å²) in [6.07, 6.45) is 0. The summed E-state index contributed by atoms with van der Waals surface area (Å²) < 4.78 is 0. The van der Waals surface area contributed by atoms with Crippen molar-refractivity contribution in [1.82, 2.24) is 4.98 Å². The van der Waals surface area contributed by atoms with Crippen LogP contribution in [0, 0.1) is 0 Å². The molecule has 0 bridgehead atoms. The van der Waals surface area contributed by atoms with Crippen LogP contribution in [0.15, 0.2) is 60.7 Å². The first-order valence-electron chi connectivity index (χ1n) is 7.09. The molecule has 23 heavy (non-hydrogen) atoms. The molecule has 1 amide bonds. The van der Waals surface area contributed by atoms with Crippen LogP contribution in [-0.2, 0) is 4.79 Å². The number of rotatable bonds is 4. The fourth-order valence-electron chi connectivity index (χ4n) is 2.19. The fourth-order valence-corrected chi connectivity index (χ4v) is 3.19. The van der Waals surface area contributed by atoms with E-state index in [2.05, 4.69) is 10.3 Å². The molecule has 114 valence electrons. The van der Waals surface area contributed by atoms with Gasteiger partial charge in [-0.05, 0) is 0 Å². The Labute approximate surface area is 137 Å². The third kappa shape index (κ3) is 3.35. The molecule has 0 saturated carbocycles. The molecule has 0 fully saturated rings. The Kier molecular flexibility index (Phi) is 4.30. The van der Waals surface area contributed by atoms with Gasteiger partial charge < -0.3 is 5.32 Å². The molecule has 1 N–H and O–H groups in total. The van der Waals surface area contributed by atoms with Crippen LogP contribution >= 0.6 is 11.3 Å². The monoisotopic (exact) mass is 322 g/mol. The standard InChI is InChI=1S/C18H14N2O2S/c1-12(21)19-18-20-15(13-8-4-2-5-9-13)17(23-18)16(22)14-10-6-3-7-11-14/h2-11H,1H3,(H,19,20,21). The van der Waals surface area contributed by atoms with Crippen LogP contribution < -0.4 is 5.32 Å². The Morgan fingerprint density at radius 2 is 1.57 bits per heavy atom. The van der Waals surface area contributed by atoms with Crippen molar-refractivity contribution >= 4 is 28.2 Å². The molecule has 2 aromatic carbocycles. The van der Waals surface area contributed by atoms with Crippen molar-refractivity contribution in [1.29, 1.82) is 0 Å². The van der Waals surface area contributed by atoms with Gasteiger partial charge >= 0.3 is 0 Å². The number of anilines is 1. The number of benzene rings is 2. The SMILES string of the molecule is CC(=O)Nc1nc(-c2ccccc2)c(C(=O)c2ccccc2)s1. The van der Waals surface area contributed by atoms with E-state index in [4.69, 9.17) is 0 Å². The maximum atomic E-state index is 12.8. The minimum Gasteiger partial charge on any atom is -0.302 e. The third-order valence-corrected chi connectivity index (χ3v) is 4.17. The zero-order chi connectivity index (χ0) is 16.2. The number of nitrogens with zero attached hydrogens (tertiary/aromatic N) is 1. The summed E-state index contributed by atoms with van der Waals surface area (Å²) >= 11 is 1.19. The summed E-state index contributed by atoms with van der Waals surface area (Å²) in [5.74, 6) is -0.310. The fraction of sp³-hybridized carbons (Fsp3) is 0.0556. The minimum absolute atomic E-state index is 0.0986. The third-order valence-electron chi connectivity index (χ3n) is 3.20. The smallest absolute Gasteiger partial charge is 0.223 e. The molecule has 0 radical (unpaired) electrons. The number of thiazole rings is 1. The molecule has 0 atom stereocenters. The normalized spacial score (nSPS) is 10.3. The maximum Gasteiger partial charge on any atom is 0.223 e. The molecule has 0 unspecified atom stereocenters. The van der Waals surface area contributed by atoms with Gasteiger partial charge in [0.2, 0.25) is 11.7 Å². The molecule has 0 saturated heterocycles. The minimum atomic E-state index is -0.211. The zero-order valence-electron chi connectivity index (χ0n) is 12.4. The Hall–Kier alpha value is -2.79. The second-order valence-electron chi connectivity index (χ2n) is 4.94. The van der Waals surface area contributed by atoms with Crippen LogP contribution in [0.2, 0.25) is 0 Å². The van der Waals surface area contributed by atoms with Gasteiger partial charge in [-0.15, -0.1) is 0 Å². The van der Waals surface area contributed by atoms with Gasteiger partial charge in [0.1, 0.15) is 4.88 Å². The molecule has 1 heterocycles. The van der Waals surface area contributed by atoms with Crippen molar-refractivity contribution < 1.29 is 9.59 Å². The van der Waals surface area contributed by atoms with Crippen LogP contribution in [0.3, 0.4) is 0 Å². The quantitative estimate of drug-likeness (QED) is 0.739. The maximum absolute atomic E-state index is 12.8. The van der Waals surface area contributed by atoms with E-state index in [0.29, 0.717) is 21.3 Å². The molecule has 3 aromatic rings. The first kappa shape index (κ1) is 15.1. The van der Waals surface area contributed by atoms with E-state index in [9.17, 15) is 9.59 Å². The van der Waals surface area contributed by atoms with Crippen molar-refractivity contribution in [2.45, 2.75) is 6.92 Å². The van der Waals surface area contributed by atoms with Crippen molar-refractivity contribution in [3.8, 4) is 11.3 Å². The number of carbonyl (C=O) groups excluding carboxylic acids is 2. The molecule has 1 aromatic heterocycles. The van der Waals surface area contributed by atoms with E-state index in [0.717, 1.165) is 5.56 Å². The summed E-state index contributed by atoms with van der Waals surface area (Å²) in [5, 5.41) is 3.08. The number of aromatic nitrogens is 1. The highest BCUT2D eigenvalue weighted by molar-refractivity contribution is 7.18. The highest BCUT2D eigenvalue weighted by atomic mass is 32.1. The Balaban J connectivity index is 2.09. The number of amides is 1. The van der Waals surface area contributed by atoms with Gasteiger partial charge in [-0.3, -0.25) is 9.59 Å². The Morgan fingerprint density at radius 3 is 2.17 bits per heavy atom. The molecular formula is C18H14N2O2S. The van der Waals surface area contributed by atoms with Gasteiger partial charge in [0.25, 0.3) is 0 Å². The Morgan fingerprint density at radius 1 is 0.957 bits per heavy atom. The van der Waals surface area contributed by atoms with Gasteiger partial charge in [-0.25, -0.2) is 4.98 Å². The van der Waals surface area contributed by atoms with E-state index in [1.807, 2.05) is 48.5 Å². The van der Waals surface area contributed by atoms with Gasteiger partial charge in [0.15, 0.2) is 5.13 Å². The average molecular weight is 322 g/mol. The largest absolute Gasteiger partial charge is 0.302 e. The van der Waals surface area contributed by atoms with Crippen LogP contribution in [-0.4, -0.2) is 16.7 Å². The van der Waals surface area contributed by atoms with Gasteiger partial charge in [-0.2, -0.15) is 0 Å². The second-order valence-corrected chi connectivity index (χ2v) is 5.94. The summed E-state index contributed by atoms with van der Waals surface area (Å²) in [5.41, 5.74) is 2.04. The number of ketones is 1. The van der Waals surface area contributed by atoms with Crippen molar-refractivity contribution in [3.05, 3.63) is 71.1 Å². The average Bonchev–Trinajstić information content (AvgIpc) is 2.99. The highest BCUT2D eigenvalue weighted by Gasteiger charge is 2.21. The second kappa shape index (κ2) is 6.54. The summed E-state index contributed by atoms with van der Waals surface area (Å²) in [6.45, 7) is 1.42. The van der Waals surface area contributed by atoms with Crippen LogP contribution in [0.4, 0.5) is 5.13 Å². The molecule has 0 aliphatic heterocycles. The zero-order valence-corrected chi connectivity index (χ0v) is 13.3. The molecular weight excluding hydrogens is 308 g/mol. The molecule has 3 rings (SSSR count). The van der Waals surface area contributed by atoms with Crippen molar-refractivity contribution in [2.75, 3.05) is 5.32 Å². The van der Waals surface area contributed by atoms with Crippen LogP contribution in [0.1, 0.15) is 22.2 Å². The topological polar surface area (TPSA) is 59.1 Å². The highest BCUT2D eigenvalue weighted by Crippen LogP contribution is 2.32. The van der Waals surface area contributed by atoms with Crippen LogP contribution in [0.25, 0.3) is 11.3 Å². The first-order chi connectivity index (χ1) is 11.1. The lowest BCUT2D eigenvalue weighted by Gasteiger charge is -2.02. The van der Waals surface area contributed by atoms with Gasteiger partial charge in [0.05, 0.1) is 5.69 Å². The summed E-state index contributed by atoms with van der Waals surface area (Å²) in [4.78, 5) is 29.0. The molecule has 0 aliphatic rings. The molecule has 4 nitrogen and oxygen atoms in total. The molecule has 0 aliphatic carbocycles. The predicted octanol–water partition coefficient (Wildman–Crippen LogP) is 4.00. The van der Waals surface area contributed by atoms with E-state index in [-0.39, 0.29) is 11.7 Å². The summed E-state index contributed by atoms with van der Waals surface area (Å²) in [6, 6.07) is 18.5. The lowest BCUT2D eigenvalue weighted by Crippen LogP contribution is -2.04. The number of hydrogen-bond donors (Lipinski definition) is 1. The Bertz CT molecular complexity index is 842. The lowest BCUT2D eigenvalue weighted by atomic mass is 10.1. The first-order valence-corrected chi connectivity index (χ1v) is 7.90. The van der Waals surface area contributed by atoms with E-state index >= 15 is 0 Å². The number of carbonyl (C=O) groups is 2. The number of hydrogen-bond acceptors (Lipinski definition) is 4. The van der Waals surface area contributed by atoms with Crippen molar-refractivity contribution in [3.63, 3.8) is 0 Å². The van der Waals surface area contributed by atoms with E-state index < -0.39 is 0 Å². The van der Waals surface area contributed by atoms with Gasteiger partial charge in [0, 0.05) is 18.1 Å². The van der Waals surface area contributed by atoms with Crippen LogP contribution in [0.5, 0.6) is 0 Å².